The molecule has 2 N–H and O–H groups in total. The Balaban J connectivity index is 1.61. The van der Waals surface area contributed by atoms with Gasteiger partial charge in [-0.2, -0.15) is 0 Å². The first-order valence-electron chi connectivity index (χ1n) is 11.2. The van der Waals surface area contributed by atoms with Crippen LogP contribution in [0, 0.1) is 5.92 Å². The van der Waals surface area contributed by atoms with Gasteiger partial charge in [0.25, 0.3) is 5.79 Å². The smallest absolute Gasteiger partial charge is 0.281 e. The topological polar surface area (TPSA) is 69.3 Å². The highest BCUT2D eigenvalue weighted by Gasteiger charge is 2.51. The number of piperidine rings is 1. The van der Waals surface area contributed by atoms with E-state index in [1.165, 1.54) is 0 Å². The molecule has 1 unspecified atom stereocenters. The van der Waals surface area contributed by atoms with E-state index >= 15 is 0 Å². The maximum atomic E-state index is 6.60. The zero-order valence-corrected chi connectivity index (χ0v) is 18.7. The van der Waals surface area contributed by atoms with Crippen molar-refractivity contribution in [3.05, 3.63) is 59.7 Å². The molecule has 1 atom stereocenters. The van der Waals surface area contributed by atoms with Crippen molar-refractivity contribution in [3.8, 4) is 11.5 Å². The standard InChI is InChI=1S/C25H33N3O3/c1-18(12-15-26)28-16-13-22(14-17-28)25(30-23-6-4-5-7-24(23)31-25)21-10-8-20(9-11-21)19(2)27-29-3/h4-11,18,22H,12-17,26H2,1-3H3. The zero-order chi connectivity index (χ0) is 21.8. The van der Waals surface area contributed by atoms with E-state index in [2.05, 4.69) is 41.2 Å². The fourth-order valence-electron chi connectivity index (χ4n) is 4.76. The van der Waals surface area contributed by atoms with E-state index in [4.69, 9.17) is 20.0 Å². The normalized spacial score (nSPS) is 19.9. The highest BCUT2D eigenvalue weighted by atomic mass is 16.7. The molecule has 0 radical (unpaired) electrons. The van der Waals surface area contributed by atoms with Gasteiger partial charge in [-0.1, -0.05) is 41.6 Å². The molecule has 0 amide bonds. The summed E-state index contributed by atoms with van der Waals surface area (Å²) in [4.78, 5) is 7.45. The molecule has 4 rings (SSSR count). The first-order valence-corrected chi connectivity index (χ1v) is 11.2. The number of likely N-dealkylation sites (tertiary alicyclic amines) is 1. The molecule has 166 valence electrons. The van der Waals surface area contributed by atoms with Crippen molar-refractivity contribution in [1.82, 2.24) is 4.90 Å². The van der Waals surface area contributed by atoms with Crippen LogP contribution in [0.5, 0.6) is 11.5 Å². The lowest BCUT2D eigenvalue weighted by Crippen LogP contribution is -2.50. The van der Waals surface area contributed by atoms with Gasteiger partial charge in [0.15, 0.2) is 11.5 Å². The number of nitrogens with two attached hydrogens (primary N) is 1. The lowest BCUT2D eigenvalue weighted by Gasteiger charge is -2.42. The van der Waals surface area contributed by atoms with Crippen molar-refractivity contribution in [1.29, 1.82) is 0 Å². The van der Waals surface area contributed by atoms with Crippen LogP contribution >= 0.6 is 0 Å². The minimum absolute atomic E-state index is 0.251. The predicted molar refractivity (Wildman–Crippen MR) is 122 cm³/mol. The number of nitrogens with zero attached hydrogens (tertiary/aromatic N) is 2. The average molecular weight is 424 g/mol. The third-order valence-corrected chi connectivity index (χ3v) is 6.58. The number of oxime groups is 1. The van der Waals surface area contributed by atoms with E-state index in [1.54, 1.807) is 7.11 Å². The quantitative estimate of drug-likeness (QED) is 0.536. The van der Waals surface area contributed by atoms with E-state index in [9.17, 15) is 0 Å². The van der Waals surface area contributed by atoms with E-state index in [0.29, 0.717) is 6.04 Å². The summed E-state index contributed by atoms with van der Waals surface area (Å²) in [6.45, 7) is 6.97. The van der Waals surface area contributed by atoms with Crippen LogP contribution in [0.25, 0.3) is 0 Å². The maximum absolute atomic E-state index is 6.60. The first kappa shape index (κ1) is 21.7. The summed E-state index contributed by atoms with van der Waals surface area (Å²) in [5.41, 5.74) is 8.66. The minimum Gasteiger partial charge on any atom is -0.444 e. The highest BCUT2D eigenvalue weighted by molar-refractivity contribution is 5.98. The van der Waals surface area contributed by atoms with Gasteiger partial charge < -0.3 is 24.9 Å². The molecule has 6 heteroatoms. The maximum Gasteiger partial charge on any atom is 0.281 e. The molecule has 0 aliphatic carbocycles. The van der Waals surface area contributed by atoms with Gasteiger partial charge in [0.1, 0.15) is 7.11 Å². The van der Waals surface area contributed by atoms with Crippen LogP contribution in [-0.2, 0) is 10.6 Å². The summed E-state index contributed by atoms with van der Waals surface area (Å²) in [7, 11) is 1.56. The number of fused-ring (bicyclic) bond motifs is 1. The third-order valence-electron chi connectivity index (χ3n) is 6.58. The molecule has 2 aliphatic heterocycles. The van der Waals surface area contributed by atoms with Gasteiger partial charge >= 0.3 is 0 Å². The van der Waals surface area contributed by atoms with Crippen LogP contribution < -0.4 is 15.2 Å². The third kappa shape index (κ3) is 4.27. The lowest BCUT2D eigenvalue weighted by molar-refractivity contribution is -0.149. The summed E-state index contributed by atoms with van der Waals surface area (Å²) < 4.78 is 13.2. The molecule has 1 saturated heterocycles. The molecule has 1 fully saturated rings. The van der Waals surface area contributed by atoms with Crippen LogP contribution in [-0.4, -0.2) is 43.4 Å². The van der Waals surface area contributed by atoms with Crippen molar-refractivity contribution in [2.24, 2.45) is 16.8 Å². The number of para-hydroxylation sites is 2. The van der Waals surface area contributed by atoms with Gasteiger partial charge in [-0.3, -0.25) is 0 Å². The monoisotopic (exact) mass is 423 g/mol. The molecule has 2 aliphatic rings. The Morgan fingerprint density at radius 3 is 2.29 bits per heavy atom. The molecular formula is C25H33N3O3. The van der Waals surface area contributed by atoms with Crippen LogP contribution in [0.4, 0.5) is 0 Å². The lowest BCUT2D eigenvalue weighted by atomic mass is 9.83. The summed E-state index contributed by atoms with van der Waals surface area (Å²) in [6, 6.07) is 16.8. The number of rotatable bonds is 7. The van der Waals surface area contributed by atoms with Crippen molar-refractivity contribution >= 4 is 5.71 Å². The van der Waals surface area contributed by atoms with Crippen LogP contribution in [0.2, 0.25) is 0 Å². The van der Waals surface area contributed by atoms with Crippen molar-refractivity contribution in [2.75, 3.05) is 26.7 Å². The Kier molecular flexibility index (Phi) is 6.49. The Hall–Kier alpha value is -2.57. The number of hydrogen-bond acceptors (Lipinski definition) is 6. The molecule has 0 aromatic heterocycles. The van der Waals surface area contributed by atoms with Gasteiger partial charge in [-0.15, -0.1) is 0 Å². The van der Waals surface area contributed by atoms with Gasteiger partial charge in [-0.25, -0.2) is 0 Å². The molecule has 0 bridgehead atoms. The average Bonchev–Trinajstić information content (AvgIpc) is 3.20. The second-order valence-electron chi connectivity index (χ2n) is 8.49. The summed E-state index contributed by atoms with van der Waals surface area (Å²) in [5.74, 6) is 1.06. The van der Waals surface area contributed by atoms with Crippen molar-refractivity contribution in [3.63, 3.8) is 0 Å². The van der Waals surface area contributed by atoms with Crippen LogP contribution in [0.1, 0.15) is 44.2 Å². The zero-order valence-electron chi connectivity index (χ0n) is 18.7. The van der Waals surface area contributed by atoms with Gasteiger partial charge in [0.2, 0.25) is 0 Å². The van der Waals surface area contributed by atoms with Crippen molar-refractivity contribution < 1.29 is 14.3 Å². The second kappa shape index (κ2) is 9.28. The molecule has 0 spiro atoms. The number of ether oxygens (including phenoxy) is 2. The van der Waals surface area contributed by atoms with Gasteiger partial charge in [0.05, 0.1) is 5.71 Å². The Labute approximate surface area is 185 Å². The fraction of sp³-hybridized carbons (Fsp3) is 0.480. The molecule has 2 aromatic rings. The van der Waals surface area contributed by atoms with E-state index < -0.39 is 5.79 Å². The van der Waals surface area contributed by atoms with E-state index in [0.717, 1.165) is 67.2 Å². The number of hydrogen-bond donors (Lipinski definition) is 1. The van der Waals surface area contributed by atoms with Gasteiger partial charge in [0, 0.05) is 17.5 Å². The molecular weight excluding hydrogens is 390 g/mol. The predicted octanol–water partition coefficient (Wildman–Crippen LogP) is 4.13. The Morgan fingerprint density at radius 1 is 1.13 bits per heavy atom. The van der Waals surface area contributed by atoms with Crippen molar-refractivity contribution in [2.45, 2.75) is 44.9 Å². The van der Waals surface area contributed by atoms with E-state index in [1.807, 2.05) is 31.2 Å². The molecule has 0 saturated carbocycles. The summed E-state index contributed by atoms with van der Waals surface area (Å²) >= 11 is 0. The Bertz CT molecular complexity index is 879. The summed E-state index contributed by atoms with van der Waals surface area (Å²) in [5, 5.41) is 4.04. The molecule has 2 aromatic carbocycles. The SMILES string of the molecule is CON=C(C)c1ccc(C2(C3CCN(C(C)CCN)CC3)Oc3ccccc3O2)cc1. The van der Waals surface area contributed by atoms with Gasteiger partial charge in [-0.05, 0) is 70.4 Å². The molecule has 31 heavy (non-hydrogen) atoms. The number of benzene rings is 2. The highest BCUT2D eigenvalue weighted by Crippen LogP contribution is 2.50. The van der Waals surface area contributed by atoms with E-state index in [-0.39, 0.29) is 5.92 Å². The summed E-state index contributed by atoms with van der Waals surface area (Å²) in [6.07, 6.45) is 3.04. The first-order chi connectivity index (χ1) is 15.1. The van der Waals surface area contributed by atoms with Crippen LogP contribution in [0.3, 0.4) is 0 Å². The minimum atomic E-state index is -0.808. The largest absolute Gasteiger partial charge is 0.444 e. The second-order valence-corrected chi connectivity index (χ2v) is 8.49. The van der Waals surface area contributed by atoms with Crippen LogP contribution in [0.15, 0.2) is 53.7 Å². The molecule has 2 heterocycles. The fourth-order valence-corrected chi connectivity index (χ4v) is 4.76. The molecule has 6 nitrogen and oxygen atoms in total. The Morgan fingerprint density at radius 2 is 1.74 bits per heavy atom.